The molecule has 0 aliphatic rings. The molecule has 14 heteroatoms. The quantitative estimate of drug-likeness (QED) is 0.106. The van der Waals surface area contributed by atoms with E-state index in [2.05, 4.69) is 21.3 Å². The molecule has 0 rings (SSSR count). The van der Waals surface area contributed by atoms with Gasteiger partial charge in [-0.2, -0.15) is 0 Å². The van der Waals surface area contributed by atoms with Crippen LogP contribution >= 0.6 is 0 Å². The summed E-state index contributed by atoms with van der Waals surface area (Å²) in [5, 5.41) is 28.7. The lowest BCUT2D eigenvalue weighted by Crippen LogP contribution is -2.61. The summed E-state index contributed by atoms with van der Waals surface area (Å²) in [5.41, 5.74) is 10.7. The minimum absolute atomic E-state index is 0.0169. The third-order valence-electron chi connectivity index (χ3n) is 5.68. The Labute approximate surface area is 223 Å². The van der Waals surface area contributed by atoms with E-state index in [0.29, 0.717) is 0 Å². The predicted octanol–water partition coefficient (Wildman–Crippen LogP) is -2.05. The molecule has 38 heavy (non-hydrogen) atoms. The van der Waals surface area contributed by atoms with Crippen molar-refractivity contribution >= 4 is 35.5 Å². The van der Waals surface area contributed by atoms with Gasteiger partial charge in [0.15, 0.2) is 0 Å². The van der Waals surface area contributed by atoms with Crippen molar-refractivity contribution in [3.05, 3.63) is 0 Å². The molecule has 5 amide bonds. The molecular weight excluding hydrogens is 500 g/mol. The van der Waals surface area contributed by atoms with Crippen LogP contribution in [0.4, 0.5) is 0 Å². The highest BCUT2D eigenvalue weighted by molar-refractivity contribution is 5.96. The first-order valence-corrected chi connectivity index (χ1v) is 12.5. The highest BCUT2D eigenvalue weighted by atomic mass is 16.4. The van der Waals surface area contributed by atoms with Crippen LogP contribution in [0, 0.1) is 17.8 Å². The predicted molar refractivity (Wildman–Crippen MR) is 138 cm³/mol. The summed E-state index contributed by atoms with van der Waals surface area (Å²) in [7, 11) is 0. The van der Waals surface area contributed by atoms with Gasteiger partial charge in [0.1, 0.15) is 30.2 Å². The Hall–Kier alpha value is -3.26. The van der Waals surface area contributed by atoms with Crippen LogP contribution in [-0.2, 0) is 28.8 Å². The Bertz CT molecular complexity index is 861. The van der Waals surface area contributed by atoms with E-state index in [1.807, 2.05) is 13.8 Å². The molecule has 10 N–H and O–H groups in total. The lowest BCUT2D eigenvalue weighted by molar-refractivity contribution is -0.144. The van der Waals surface area contributed by atoms with Crippen molar-refractivity contribution in [3.8, 4) is 0 Å². The second kappa shape index (κ2) is 15.9. The molecule has 14 nitrogen and oxygen atoms in total. The van der Waals surface area contributed by atoms with Crippen molar-refractivity contribution < 1.29 is 39.0 Å². The van der Waals surface area contributed by atoms with E-state index in [1.165, 1.54) is 6.92 Å². The number of rotatable bonds is 16. The number of carbonyl (C=O) groups excluding carboxylic acids is 5. The molecule has 0 saturated heterocycles. The first kappa shape index (κ1) is 34.7. The molecule has 0 spiro atoms. The smallest absolute Gasteiger partial charge is 0.326 e. The standard InChI is InChI=1S/C24H44N6O8/c1-10(2)8-14(27-21(34)17(26)13(7)31)20(33)29-19(12(5)6)23(36)30-18(11(3)4)22(35)28-15(24(37)38)9-16(25)32/h10-15,17-19,31H,8-9,26H2,1-7H3,(H2,25,32)(H,27,34)(H,28,35)(H,29,33)(H,30,36)(H,37,38). The monoisotopic (exact) mass is 544 g/mol. The highest BCUT2D eigenvalue weighted by Gasteiger charge is 2.34. The molecule has 6 unspecified atom stereocenters. The summed E-state index contributed by atoms with van der Waals surface area (Å²) < 4.78 is 0. The zero-order chi connectivity index (χ0) is 29.9. The highest BCUT2D eigenvalue weighted by Crippen LogP contribution is 2.10. The number of hydrogen-bond acceptors (Lipinski definition) is 8. The van der Waals surface area contributed by atoms with Gasteiger partial charge in [-0.15, -0.1) is 0 Å². The van der Waals surface area contributed by atoms with Gasteiger partial charge in [0.25, 0.3) is 0 Å². The zero-order valence-corrected chi connectivity index (χ0v) is 23.1. The van der Waals surface area contributed by atoms with Gasteiger partial charge < -0.3 is 42.9 Å². The van der Waals surface area contributed by atoms with Crippen LogP contribution in [0.5, 0.6) is 0 Å². The number of amides is 5. The van der Waals surface area contributed by atoms with E-state index in [-0.39, 0.29) is 12.3 Å². The number of primary amides is 1. The van der Waals surface area contributed by atoms with Crippen molar-refractivity contribution in [1.29, 1.82) is 0 Å². The second-order valence-electron chi connectivity index (χ2n) is 10.5. The average Bonchev–Trinajstić information content (AvgIpc) is 2.77. The average molecular weight is 545 g/mol. The number of aliphatic hydroxyl groups is 1. The summed E-state index contributed by atoms with van der Waals surface area (Å²) in [5.74, 6) is -6.27. The van der Waals surface area contributed by atoms with Gasteiger partial charge >= 0.3 is 5.97 Å². The fraction of sp³-hybridized carbons (Fsp3) is 0.750. The van der Waals surface area contributed by atoms with E-state index in [1.54, 1.807) is 27.7 Å². The molecule has 0 saturated carbocycles. The van der Waals surface area contributed by atoms with Gasteiger partial charge in [-0.3, -0.25) is 24.0 Å². The largest absolute Gasteiger partial charge is 0.480 e. The van der Waals surface area contributed by atoms with E-state index in [4.69, 9.17) is 11.5 Å². The first-order valence-electron chi connectivity index (χ1n) is 12.5. The van der Waals surface area contributed by atoms with E-state index >= 15 is 0 Å². The van der Waals surface area contributed by atoms with Crippen LogP contribution in [0.2, 0.25) is 0 Å². The topological polar surface area (TPSA) is 243 Å². The number of hydrogen-bond donors (Lipinski definition) is 8. The summed E-state index contributed by atoms with van der Waals surface area (Å²) in [6.45, 7) is 11.6. The van der Waals surface area contributed by atoms with Crippen LogP contribution in [-0.4, -0.2) is 82.0 Å². The van der Waals surface area contributed by atoms with E-state index in [0.717, 1.165) is 0 Å². The molecule has 0 aliphatic carbocycles. The molecule has 0 fully saturated rings. The fourth-order valence-electron chi connectivity index (χ4n) is 3.42. The van der Waals surface area contributed by atoms with Crippen LogP contribution in [0.3, 0.4) is 0 Å². The van der Waals surface area contributed by atoms with Gasteiger partial charge in [0, 0.05) is 0 Å². The van der Waals surface area contributed by atoms with Gasteiger partial charge in [-0.1, -0.05) is 41.5 Å². The molecule has 218 valence electrons. The van der Waals surface area contributed by atoms with E-state index in [9.17, 15) is 39.0 Å². The normalized spacial score (nSPS) is 16.1. The minimum Gasteiger partial charge on any atom is -0.480 e. The maximum atomic E-state index is 13.2. The molecular formula is C24H44N6O8. The van der Waals surface area contributed by atoms with Crippen molar-refractivity contribution in [2.24, 2.45) is 29.2 Å². The lowest BCUT2D eigenvalue weighted by Gasteiger charge is -2.29. The third kappa shape index (κ3) is 11.9. The molecule has 0 aromatic rings. The summed E-state index contributed by atoms with van der Waals surface area (Å²) in [6.07, 6.45) is -1.55. The number of carbonyl (C=O) groups is 6. The first-order chi connectivity index (χ1) is 17.4. The minimum atomic E-state index is -1.58. The number of nitrogens with two attached hydrogens (primary N) is 2. The molecule has 0 aliphatic heterocycles. The lowest BCUT2D eigenvalue weighted by atomic mass is 9.97. The van der Waals surface area contributed by atoms with E-state index < -0.39 is 90.1 Å². The number of aliphatic carboxylic acids is 1. The van der Waals surface area contributed by atoms with Crippen molar-refractivity contribution in [1.82, 2.24) is 21.3 Å². The van der Waals surface area contributed by atoms with Crippen molar-refractivity contribution in [3.63, 3.8) is 0 Å². The van der Waals surface area contributed by atoms with Crippen LogP contribution in [0.15, 0.2) is 0 Å². The Kier molecular flexibility index (Phi) is 14.5. The van der Waals surface area contributed by atoms with Gasteiger partial charge in [0.2, 0.25) is 29.5 Å². The molecule has 0 radical (unpaired) electrons. The van der Waals surface area contributed by atoms with Crippen LogP contribution in [0.25, 0.3) is 0 Å². The fourth-order valence-corrected chi connectivity index (χ4v) is 3.42. The third-order valence-corrected chi connectivity index (χ3v) is 5.68. The molecule has 0 aromatic carbocycles. The second-order valence-corrected chi connectivity index (χ2v) is 10.5. The zero-order valence-electron chi connectivity index (χ0n) is 23.1. The van der Waals surface area contributed by atoms with Crippen molar-refractivity contribution in [2.45, 2.75) is 97.6 Å². The van der Waals surface area contributed by atoms with Gasteiger partial charge in [-0.05, 0) is 31.1 Å². The summed E-state index contributed by atoms with van der Waals surface area (Å²) in [6, 6.07) is -6.18. The summed E-state index contributed by atoms with van der Waals surface area (Å²) >= 11 is 0. The number of aliphatic hydroxyl groups excluding tert-OH is 1. The maximum absolute atomic E-state index is 13.2. The Morgan fingerprint density at radius 1 is 0.684 bits per heavy atom. The number of carboxylic acid groups (broad SMARTS) is 1. The van der Waals surface area contributed by atoms with Gasteiger partial charge in [0.05, 0.1) is 12.5 Å². The Morgan fingerprint density at radius 3 is 1.47 bits per heavy atom. The van der Waals surface area contributed by atoms with Crippen molar-refractivity contribution in [2.75, 3.05) is 0 Å². The Morgan fingerprint density at radius 2 is 1.11 bits per heavy atom. The maximum Gasteiger partial charge on any atom is 0.326 e. The number of carboxylic acids is 1. The molecule has 6 atom stereocenters. The number of nitrogens with one attached hydrogen (secondary N) is 4. The molecule has 0 bridgehead atoms. The van der Waals surface area contributed by atoms with Gasteiger partial charge in [-0.25, -0.2) is 4.79 Å². The molecule has 0 heterocycles. The van der Waals surface area contributed by atoms with Crippen LogP contribution in [0.1, 0.15) is 61.3 Å². The molecule has 0 aromatic heterocycles. The summed E-state index contributed by atoms with van der Waals surface area (Å²) in [4.78, 5) is 74.0. The Balaban J connectivity index is 5.71. The van der Waals surface area contributed by atoms with Crippen LogP contribution < -0.4 is 32.7 Å². The SMILES string of the molecule is CC(C)CC(NC(=O)C(N)C(C)O)C(=O)NC(C(=O)NC(C(=O)NC(CC(N)=O)C(=O)O)C(C)C)C(C)C.